The van der Waals surface area contributed by atoms with E-state index >= 15 is 0 Å². The van der Waals surface area contributed by atoms with Crippen molar-refractivity contribution in [3.63, 3.8) is 0 Å². The molecule has 1 N–H and O–H groups in total. The zero-order chi connectivity index (χ0) is 12.4. The summed E-state index contributed by atoms with van der Waals surface area (Å²) in [6.45, 7) is 1.80. The molecule has 1 saturated heterocycles. The summed E-state index contributed by atoms with van der Waals surface area (Å²) in [5, 5.41) is 9.01. The quantitative estimate of drug-likeness (QED) is 0.850. The zero-order valence-electron chi connectivity index (χ0n) is 9.29. The Labute approximate surface area is 103 Å². The van der Waals surface area contributed by atoms with Gasteiger partial charge in [0, 0.05) is 11.4 Å². The maximum atomic E-state index is 12.1. The van der Waals surface area contributed by atoms with Crippen LogP contribution in [0.15, 0.2) is 18.2 Å². The van der Waals surface area contributed by atoms with Gasteiger partial charge in [-0.1, -0.05) is 6.07 Å². The van der Waals surface area contributed by atoms with Crippen molar-refractivity contribution in [1.82, 2.24) is 9.88 Å². The van der Waals surface area contributed by atoms with Crippen LogP contribution >= 0.6 is 11.8 Å². The summed E-state index contributed by atoms with van der Waals surface area (Å²) >= 11 is 1.44. The van der Waals surface area contributed by atoms with Gasteiger partial charge in [0.25, 0.3) is 5.91 Å². The average Bonchev–Trinajstić information content (AvgIpc) is 2.77. The van der Waals surface area contributed by atoms with E-state index in [1.54, 1.807) is 25.1 Å². The fourth-order valence-electron chi connectivity index (χ4n) is 1.66. The normalized spacial score (nSPS) is 19.4. The monoisotopic (exact) mass is 252 g/mol. The lowest BCUT2D eigenvalue weighted by Gasteiger charge is -2.19. The third-order valence-corrected chi connectivity index (χ3v) is 3.55. The minimum atomic E-state index is -0.962. The predicted molar refractivity (Wildman–Crippen MR) is 63.9 cm³/mol. The molecule has 1 aromatic heterocycles. The molecule has 0 aromatic carbocycles. The second-order valence-corrected chi connectivity index (χ2v) is 4.79. The first kappa shape index (κ1) is 11.9. The molecule has 2 heterocycles. The Kier molecular flexibility index (Phi) is 3.33. The maximum absolute atomic E-state index is 12.1. The third kappa shape index (κ3) is 2.41. The Bertz CT molecular complexity index is 464. The molecule has 1 aliphatic heterocycles. The summed E-state index contributed by atoms with van der Waals surface area (Å²) < 4.78 is 0. The number of aliphatic carboxylic acids is 1. The van der Waals surface area contributed by atoms with Gasteiger partial charge >= 0.3 is 5.97 Å². The lowest BCUT2D eigenvalue weighted by Crippen LogP contribution is -2.42. The first-order valence-corrected chi connectivity index (χ1v) is 6.30. The second kappa shape index (κ2) is 4.75. The Morgan fingerprint density at radius 2 is 2.29 bits per heavy atom. The van der Waals surface area contributed by atoms with Gasteiger partial charge < -0.3 is 10.0 Å². The number of carboxylic acid groups (broad SMARTS) is 1. The number of pyridine rings is 1. The van der Waals surface area contributed by atoms with Gasteiger partial charge in [-0.05, 0) is 19.1 Å². The van der Waals surface area contributed by atoms with Crippen LogP contribution in [0.25, 0.3) is 0 Å². The number of thioether (sulfide) groups is 1. The van der Waals surface area contributed by atoms with Crippen molar-refractivity contribution in [3.8, 4) is 0 Å². The molecule has 0 radical (unpaired) electrons. The molecule has 0 spiro atoms. The third-order valence-electron chi connectivity index (χ3n) is 2.54. The van der Waals surface area contributed by atoms with Crippen molar-refractivity contribution in [2.75, 3.05) is 11.6 Å². The van der Waals surface area contributed by atoms with Crippen LogP contribution in [0.5, 0.6) is 0 Å². The summed E-state index contributed by atoms with van der Waals surface area (Å²) in [5.74, 6) is -0.430. The number of rotatable bonds is 2. The number of hydrogen-bond donors (Lipinski definition) is 1. The smallest absolute Gasteiger partial charge is 0.327 e. The first-order valence-electron chi connectivity index (χ1n) is 5.15. The maximum Gasteiger partial charge on any atom is 0.327 e. The highest BCUT2D eigenvalue weighted by Crippen LogP contribution is 2.22. The number of carbonyl (C=O) groups is 2. The molecule has 5 nitrogen and oxygen atoms in total. The van der Waals surface area contributed by atoms with E-state index in [0.717, 1.165) is 5.69 Å². The molecule has 2 rings (SSSR count). The molecule has 0 bridgehead atoms. The van der Waals surface area contributed by atoms with E-state index in [1.807, 2.05) is 0 Å². The zero-order valence-corrected chi connectivity index (χ0v) is 10.1. The highest BCUT2D eigenvalue weighted by atomic mass is 32.2. The van der Waals surface area contributed by atoms with E-state index in [1.165, 1.54) is 16.7 Å². The van der Waals surface area contributed by atoms with Crippen molar-refractivity contribution in [3.05, 3.63) is 29.6 Å². The van der Waals surface area contributed by atoms with Gasteiger partial charge in [0.05, 0.1) is 5.88 Å². The Morgan fingerprint density at radius 1 is 1.53 bits per heavy atom. The van der Waals surface area contributed by atoms with Crippen LogP contribution < -0.4 is 0 Å². The number of hydrogen-bond acceptors (Lipinski definition) is 4. The van der Waals surface area contributed by atoms with Crippen LogP contribution in [0.1, 0.15) is 16.2 Å². The van der Waals surface area contributed by atoms with Crippen LogP contribution in [0.4, 0.5) is 0 Å². The van der Waals surface area contributed by atoms with Crippen molar-refractivity contribution in [1.29, 1.82) is 0 Å². The molecule has 1 aliphatic rings. The number of carboxylic acids is 1. The molecular formula is C11H12N2O3S. The van der Waals surface area contributed by atoms with Gasteiger partial charge in [0.2, 0.25) is 0 Å². The standard InChI is InChI=1S/C11H12N2O3S/c1-7-3-2-4-8(12-7)10(14)13-6-17-5-9(13)11(15)16/h2-4,9H,5-6H2,1H3,(H,15,16)/t9-/m0/s1. The Hall–Kier alpha value is -1.56. The molecule has 0 unspecified atom stereocenters. The molecule has 6 heteroatoms. The molecule has 17 heavy (non-hydrogen) atoms. The lowest BCUT2D eigenvalue weighted by atomic mass is 10.2. The van der Waals surface area contributed by atoms with Crippen LogP contribution in [0.2, 0.25) is 0 Å². The van der Waals surface area contributed by atoms with Gasteiger partial charge in [0.1, 0.15) is 11.7 Å². The highest BCUT2D eigenvalue weighted by Gasteiger charge is 2.35. The lowest BCUT2D eigenvalue weighted by molar-refractivity contribution is -0.140. The van der Waals surface area contributed by atoms with Crippen molar-refractivity contribution < 1.29 is 14.7 Å². The Morgan fingerprint density at radius 3 is 2.94 bits per heavy atom. The van der Waals surface area contributed by atoms with E-state index in [-0.39, 0.29) is 5.91 Å². The SMILES string of the molecule is Cc1cccc(C(=O)N2CSC[C@H]2C(=O)O)n1. The number of aromatic nitrogens is 1. The van der Waals surface area contributed by atoms with E-state index in [0.29, 0.717) is 17.3 Å². The fourth-order valence-corrected chi connectivity index (χ4v) is 2.80. The van der Waals surface area contributed by atoms with Gasteiger partial charge in [-0.2, -0.15) is 0 Å². The molecule has 1 amide bonds. The van der Waals surface area contributed by atoms with Gasteiger partial charge in [-0.25, -0.2) is 9.78 Å². The molecule has 1 fully saturated rings. The van der Waals surface area contributed by atoms with E-state index in [2.05, 4.69) is 4.98 Å². The summed E-state index contributed by atoms with van der Waals surface area (Å²) in [4.78, 5) is 28.6. The van der Waals surface area contributed by atoms with Gasteiger partial charge in [-0.3, -0.25) is 4.79 Å². The number of aryl methyl sites for hydroxylation is 1. The highest BCUT2D eigenvalue weighted by molar-refractivity contribution is 7.99. The summed E-state index contributed by atoms with van der Waals surface area (Å²) in [7, 11) is 0. The van der Waals surface area contributed by atoms with Crippen molar-refractivity contribution in [2.45, 2.75) is 13.0 Å². The van der Waals surface area contributed by atoms with Crippen LogP contribution in [0.3, 0.4) is 0 Å². The molecule has 1 atom stereocenters. The van der Waals surface area contributed by atoms with Crippen LogP contribution in [0, 0.1) is 6.92 Å². The van der Waals surface area contributed by atoms with Gasteiger partial charge in [0.15, 0.2) is 0 Å². The predicted octanol–water partition coefficient (Wildman–Crippen LogP) is 0.990. The van der Waals surface area contributed by atoms with Crippen molar-refractivity contribution in [2.24, 2.45) is 0 Å². The van der Waals surface area contributed by atoms with E-state index < -0.39 is 12.0 Å². The van der Waals surface area contributed by atoms with Gasteiger partial charge in [-0.15, -0.1) is 11.8 Å². The first-order chi connectivity index (χ1) is 8.09. The number of carbonyl (C=O) groups excluding carboxylic acids is 1. The molecular weight excluding hydrogens is 240 g/mol. The minimum Gasteiger partial charge on any atom is -0.480 e. The molecule has 90 valence electrons. The van der Waals surface area contributed by atoms with Crippen LogP contribution in [-0.4, -0.2) is 44.5 Å². The number of nitrogens with zero attached hydrogens (tertiary/aromatic N) is 2. The molecule has 1 aromatic rings. The minimum absolute atomic E-state index is 0.304. The number of amides is 1. The Balaban J connectivity index is 2.23. The fraction of sp³-hybridized carbons (Fsp3) is 0.364. The van der Waals surface area contributed by atoms with Crippen molar-refractivity contribution >= 4 is 23.6 Å². The summed E-state index contributed by atoms with van der Waals surface area (Å²) in [5.41, 5.74) is 1.05. The topological polar surface area (TPSA) is 70.5 Å². The van der Waals surface area contributed by atoms with Crippen LogP contribution in [-0.2, 0) is 4.79 Å². The van der Waals surface area contributed by atoms with E-state index in [9.17, 15) is 9.59 Å². The molecule has 0 aliphatic carbocycles. The second-order valence-electron chi connectivity index (χ2n) is 3.79. The molecule has 0 saturated carbocycles. The summed E-state index contributed by atoms with van der Waals surface area (Å²) in [6, 6.07) is 4.41. The summed E-state index contributed by atoms with van der Waals surface area (Å²) in [6.07, 6.45) is 0. The van der Waals surface area contributed by atoms with E-state index in [4.69, 9.17) is 5.11 Å². The average molecular weight is 252 g/mol. The largest absolute Gasteiger partial charge is 0.480 e.